The zero-order chi connectivity index (χ0) is 20.6. The highest BCUT2D eigenvalue weighted by Gasteiger charge is 2.44. The summed E-state index contributed by atoms with van der Waals surface area (Å²) in [6.07, 6.45) is 2.49. The fraction of sp³-hybridized carbons (Fsp3) is 0.417. The first-order valence-electron chi connectivity index (χ1n) is 10.7. The number of aryl methyl sites for hydroxylation is 2. The first kappa shape index (κ1) is 19.1. The molecule has 1 saturated heterocycles. The number of carbonyl (C=O) groups excluding carboxylic acids is 1. The molecule has 2 aromatic carbocycles. The van der Waals surface area contributed by atoms with Gasteiger partial charge in [-0.05, 0) is 36.5 Å². The van der Waals surface area contributed by atoms with Gasteiger partial charge in [-0.1, -0.05) is 59.3 Å². The van der Waals surface area contributed by atoms with Gasteiger partial charge in [-0.25, -0.2) is 4.79 Å². The summed E-state index contributed by atoms with van der Waals surface area (Å²) in [5.41, 5.74) is 5.43. The van der Waals surface area contributed by atoms with Crippen molar-refractivity contribution >= 4 is 11.7 Å². The zero-order valence-corrected chi connectivity index (χ0v) is 17.3. The van der Waals surface area contributed by atoms with E-state index in [-0.39, 0.29) is 17.7 Å². The Kier molecular flexibility index (Phi) is 4.95. The molecule has 30 heavy (non-hydrogen) atoms. The Hall–Kier alpha value is -2.86. The van der Waals surface area contributed by atoms with Crippen LogP contribution in [0.3, 0.4) is 0 Å². The molecule has 1 fully saturated rings. The minimum atomic E-state index is -0.363. The van der Waals surface area contributed by atoms with Crippen LogP contribution >= 0.6 is 0 Å². The summed E-state index contributed by atoms with van der Waals surface area (Å²) < 4.78 is 6.22. The predicted molar refractivity (Wildman–Crippen MR) is 115 cm³/mol. The second kappa shape index (κ2) is 7.76. The van der Waals surface area contributed by atoms with Crippen molar-refractivity contribution in [3.63, 3.8) is 0 Å². The first-order chi connectivity index (χ1) is 14.6. The number of ether oxygens (including phenoxy) is 1. The van der Waals surface area contributed by atoms with E-state index in [0.717, 1.165) is 24.1 Å². The van der Waals surface area contributed by atoms with Gasteiger partial charge in [-0.2, -0.15) is 0 Å². The van der Waals surface area contributed by atoms with Gasteiger partial charge < -0.3 is 19.8 Å². The molecule has 0 aromatic heterocycles. The Bertz CT molecular complexity index is 968. The van der Waals surface area contributed by atoms with Crippen molar-refractivity contribution in [1.29, 1.82) is 0 Å². The van der Waals surface area contributed by atoms with Crippen LogP contribution in [0.15, 0.2) is 53.7 Å². The van der Waals surface area contributed by atoms with Gasteiger partial charge in [-0.3, -0.25) is 0 Å². The minimum Gasteiger partial charge on any atom is -0.390 e. The molecule has 1 N–H and O–H groups in total. The Balaban J connectivity index is 1.16. The van der Waals surface area contributed by atoms with Crippen LogP contribution in [0.2, 0.25) is 0 Å². The third-order valence-corrected chi connectivity index (χ3v) is 6.38. The number of nitrogens with zero attached hydrogens (tertiary/aromatic N) is 2. The Morgan fingerprint density at radius 2 is 2.07 bits per heavy atom. The lowest BCUT2D eigenvalue weighted by atomic mass is 9.94. The Labute approximate surface area is 176 Å². The Morgan fingerprint density at radius 3 is 2.93 bits per heavy atom. The number of morpholine rings is 1. The normalized spacial score (nSPS) is 25.0. The van der Waals surface area contributed by atoms with Crippen molar-refractivity contribution in [3.8, 4) is 0 Å². The fourth-order valence-electron chi connectivity index (χ4n) is 4.69. The van der Waals surface area contributed by atoms with Crippen LogP contribution in [0, 0.1) is 6.92 Å². The number of amides is 2. The van der Waals surface area contributed by atoms with Crippen LogP contribution in [0.5, 0.6) is 0 Å². The number of carbonyl (C=O) groups is 1. The van der Waals surface area contributed by atoms with E-state index in [1.807, 2.05) is 4.90 Å². The van der Waals surface area contributed by atoms with Gasteiger partial charge >= 0.3 is 6.03 Å². The van der Waals surface area contributed by atoms with Crippen LogP contribution in [-0.4, -0.2) is 49.0 Å². The van der Waals surface area contributed by atoms with E-state index in [4.69, 9.17) is 9.57 Å². The van der Waals surface area contributed by atoms with Crippen molar-refractivity contribution < 1.29 is 14.4 Å². The van der Waals surface area contributed by atoms with E-state index < -0.39 is 0 Å². The van der Waals surface area contributed by atoms with Crippen LogP contribution < -0.4 is 5.32 Å². The summed E-state index contributed by atoms with van der Waals surface area (Å²) >= 11 is 0. The number of rotatable bonds is 3. The SMILES string of the molecule is Cc1ccc(C2=NOC(CNC(=O)N3CCOC4(CCc5ccccc54)C3)C2)cc1. The lowest BCUT2D eigenvalue weighted by Crippen LogP contribution is -2.54. The van der Waals surface area contributed by atoms with Gasteiger partial charge in [0, 0.05) is 13.0 Å². The van der Waals surface area contributed by atoms with Gasteiger partial charge in [-0.15, -0.1) is 0 Å². The molecule has 6 heteroatoms. The van der Waals surface area contributed by atoms with E-state index in [1.54, 1.807) is 0 Å². The maximum Gasteiger partial charge on any atom is 0.317 e. The van der Waals surface area contributed by atoms with Gasteiger partial charge in [0.1, 0.15) is 5.60 Å². The molecule has 1 aliphatic carbocycles. The second-order valence-electron chi connectivity index (χ2n) is 8.44. The molecule has 0 saturated carbocycles. The summed E-state index contributed by atoms with van der Waals surface area (Å²) in [4.78, 5) is 20.3. The van der Waals surface area contributed by atoms with E-state index in [9.17, 15) is 4.79 Å². The van der Waals surface area contributed by atoms with Gasteiger partial charge in [0.2, 0.25) is 0 Å². The molecule has 2 heterocycles. The lowest BCUT2D eigenvalue weighted by molar-refractivity contribution is -0.102. The second-order valence-corrected chi connectivity index (χ2v) is 8.44. The molecule has 1 spiro atoms. The number of hydrogen-bond acceptors (Lipinski definition) is 4. The molecule has 3 aliphatic rings. The maximum atomic E-state index is 12.9. The number of benzene rings is 2. The highest BCUT2D eigenvalue weighted by atomic mass is 16.6. The molecule has 2 aromatic rings. The molecule has 6 nitrogen and oxygen atoms in total. The average molecular weight is 405 g/mol. The molecule has 156 valence electrons. The molecule has 2 unspecified atom stereocenters. The first-order valence-corrected chi connectivity index (χ1v) is 10.7. The molecular formula is C24H27N3O3. The zero-order valence-electron chi connectivity index (χ0n) is 17.3. The molecule has 2 amide bonds. The molecule has 0 radical (unpaired) electrons. The minimum absolute atomic E-state index is 0.0607. The summed E-state index contributed by atoms with van der Waals surface area (Å²) in [5, 5.41) is 7.26. The van der Waals surface area contributed by atoms with Crippen molar-refractivity contribution in [3.05, 3.63) is 70.8 Å². The average Bonchev–Trinajstić information content (AvgIpc) is 3.39. The van der Waals surface area contributed by atoms with Crippen molar-refractivity contribution in [2.24, 2.45) is 5.16 Å². The number of fused-ring (bicyclic) bond motifs is 2. The summed E-state index contributed by atoms with van der Waals surface area (Å²) in [6, 6.07) is 16.6. The summed E-state index contributed by atoms with van der Waals surface area (Å²) in [6.45, 7) is 4.26. The Morgan fingerprint density at radius 1 is 1.23 bits per heavy atom. The van der Waals surface area contributed by atoms with Gasteiger partial charge in [0.05, 0.1) is 25.4 Å². The number of oxime groups is 1. The van der Waals surface area contributed by atoms with E-state index in [1.165, 1.54) is 16.7 Å². The fourth-order valence-corrected chi connectivity index (χ4v) is 4.69. The highest BCUT2D eigenvalue weighted by Crippen LogP contribution is 2.42. The quantitative estimate of drug-likeness (QED) is 0.852. The largest absolute Gasteiger partial charge is 0.390 e. The van der Waals surface area contributed by atoms with Crippen LogP contribution in [0.25, 0.3) is 0 Å². The molecule has 5 rings (SSSR count). The van der Waals surface area contributed by atoms with Crippen molar-refractivity contribution in [2.75, 3.05) is 26.2 Å². The van der Waals surface area contributed by atoms with E-state index >= 15 is 0 Å². The number of nitrogens with one attached hydrogen (secondary N) is 1. The van der Waals surface area contributed by atoms with Crippen molar-refractivity contribution in [2.45, 2.75) is 37.9 Å². The van der Waals surface area contributed by atoms with E-state index in [2.05, 4.69) is 65.9 Å². The standard InChI is InChI=1S/C24H27N3O3/c1-17-6-8-19(9-7-17)22-14-20(30-26-22)15-25-23(28)27-12-13-29-24(16-27)11-10-18-4-2-3-5-21(18)24/h2-9,20H,10-16H2,1H3,(H,25,28). The van der Waals surface area contributed by atoms with Crippen molar-refractivity contribution in [1.82, 2.24) is 10.2 Å². The summed E-state index contributed by atoms with van der Waals surface area (Å²) in [5.74, 6) is 0. The molecular weight excluding hydrogens is 378 g/mol. The predicted octanol–water partition coefficient (Wildman–Crippen LogP) is 3.37. The maximum absolute atomic E-state index is 12.9. The smallest absolute Gasteiger partial charge is 0.317 e. The highest BCUT2D eigenvalue weighted by molar-refractivity contribution is 6.01. The van der Waals surface area contributed by atoms with Gasteiger partial charge in [0.25, 0.3) is 0 Å². The molecule has 0 bridgehead atoms. The van der Waals surface area contributed by atoms with E-state index in [0.29, 0.717) is 32.7 Å². The third kappa shape index (κ3) is 3.56. The monoisotopic (exact) mass is 405 g/mol. The number of hydrogen-bond donors (Lipinski definition) is 1. The topological polar surface area (TPSA) is 63.2 Å². The number of urea groups is 1. The third-order valence-electron chi connectivity index (χ3n) is 6.38. The molecule has 2 aliphatic heterocycles. The van der Waals surface area contributed by atoms with Crippen LogP contribution in [0.1, 0.15) is 35.1 Å². The van der Waals surface area contributed by atoms with Gasteiger partial charge in [0.15, 0.2) is 6.10 Å². The van der Waals surface area contributed by atoms with Crippen LogP contribution in [-0.2, 0) is 21.6 Å². The van der Waals surface area contributed by atoms with Crippen LogP contribution in [0.4, 0.5) is 4.79 Å². The lowest BCUT2D eigenvalue weighted by Gasteiger charge is -2.41. The summed E-state index contributed by atoms with van der Waals surface area (Å²) in [7, 11) is 0. The molecule has 2 atom stereocenters.